The number of Topliss-reactive ketones (excluding diaryl/α,β-unsaturated/α-hetero) is 1. The maximum absolute atomic E-state index is 13.0. The molecule has 2 heterocycles. The van der Waals surface area contributed by atoms with Crippen LogP contribution < -0.4 is 14.7 Å². The minimum absolute atomic E-state index is 0.0641. The van der Waals surface area contributed by atoms with Gasteiger partial charge in [0.25, 0.3) is 5.91 Å². The highest BCUT2D eigenvalue weighted by atomic mass is 35.5. The molecule has 7 nitrogen and oxygen atoms in total. The van der Waals surface area contributed by atoms with E-state index in [1.54, 1.807) is 24.3 Å². The highest BCUT2D eigenvalue weighted by Gasteiger charge is 2.29. The minimum atomic E-state index is 0.0641. The number of hydrogen-bond acceptors (Lipinski definition) is 6. The second-order valence-electron chi connectivity index (χ2n) is 13.8. The predicted octanol–water partition coefficient (Wildman–Crippen LogP) is 8.76. The van der Waals surface area contributed by atoms with Gasteiger partial charge in [-0.3, -0.25) is 14.5 Å². The third-order valence-corrected chi connectivity index (χ3v) is 10.0. The first-order valence-electron chi connectivity index (χ1n) is 18.0. The van der Waals surface area contributed by atoms with Crippen molar-refractivity contribution in [2.45, 2.75) is 19.3 Å². The van der Waals surface area contributed by atoms with Crippen LogP contribution in [0.5, 0.6) is 0 Å². The number of ketones is 1. The number of benzene rings is 5. The molecule has 0 bridgehead atoms. The number of carbonyl (C=O) groups is 2. The van der Waals surface area contributed by atoms with E-state index in [1.807, 2.05) is 75.6 Å². The molecule has 0 saturated carbocycles. The summed E-state index contributed by atoms with van der Waals surface area (Å²) in [5, 5.41) is 0.651. The lowest BCUT2D eigenvalue weighted by atomic mass is 10.0. The Hall–Kier alpha value is -4.95. The summed E-state index contributed by atoms with van der Waals surface area (Å²) in [4.78, 5) is 36.2. The van der Waals surface area contributed by atoms with Crippen LogP contribution in [-0.4, -0.2) is 82.4 Å². The van der Waals surface area contributed by atoms with Crippen molar-refractivity contribution in [3.63, 3.8) is 0 Å². The van der Waals surface area contributed by atoms with Crippen LogP contribution in [0.3, 0.4) is 0 Å². The molecule has 0 radical (unpaired) electrons. The molecule has 0 unspecified atom stereocenters. The van der Waals surface area contributed by atoms with E-state index < -0.39 is 0 Å². The maximum atomic E-state index is 13.0. The molecule has 2 aliphatic rings. The zero-order chi connectivity index (χ0) is 36.6. The van der Waals surface area contributed by atoms with Crippen molar-refractivity contribution in [3.05, 3.63) is 149 Å². The molecule has 5 aromatic carbocycles. The van der Waals surface area contributed by atoms with Gasteiger partial charge in [-0.05, 0) is 112 Å². The fraction of sp³-hybridized carbons (Fsp3) is 0.273. The lowest BCUT2D eigenvalue weighted by molar-refractivity contribution is 0.0944. The van der Waals surface area contributed by atoms with Crippen LogP contribution >= 0.6 is 11.6 Å². The summed E-state index contributed by atoms with van der Waals surface area (Å²) in [6.45, 7) is 3.69. The molecule has 0 N–H and O–H groups in total. The summed E-state index contributed by atoms with van der Waals surface area (Å²) >= 11 is 5.92. The highest BCUT2D eigenvalue weighted by Crippen LogP contribution is 2.39. The number of amides is 1. The van der Waals surface area contributed by atoms with E-state index in [-0.39, 0.29) is 11.7 Å². The van der Waals surface area contributed by atoms with Gasteiger partial charge in [-0.1, -0.05) is 72.3 Å². The molecule has 0 atom stereocenters. The third kappa shape index (κ3) is 8.56. The van der Waals surface area contributed by atoms with E-state index in [4.69, 9.17) is 11.6 Å². The van der Waals surface area contributed by atoms with Crippen LogP contribution in [0.4, 0.5) is 28.4 Å². The Kier molecular flexibility index (Phi) is 12.1. The van der Waals surface area contributed by atoms with E-state index in [9.17, 15) is 9.59 Å². The van der Waals surface area contributed by atoms with Crippen molar-refractivity contribution in [2.75, 3.05) is 75.6 Å². The van der Waals surface area contributed by atoms with E-state index in [0.29, 0.717) is 23.7 Å². The molecule has 2 aliphatic heterocycles. The summed E-state index contributed by atoms with van der Waals surface area (Å²) in [6.07, 6.45) is 3.12. The van der Waals surface area contributed by atoms with Crippen LogP contribution in [0.2, 0.25) is 5.02 Å². The fourth-order valence-corrected chi connectivity index (χ4v) is 7.12. The first-order valence-corrected chi connectivity index (χ1v) is 18.4. The number of anilines is 5. The summed E-state index contributed by atoms with van der Waals surface area (Å²) in [7, 11) is 8.07. The molecule has 0 fully saturated rings. The monoisotopic (exact) mass is 713 g/mol. The van der Waals surface area contributed by atoms with Gasteiger partial charge in [-0.25, -0.2) is 0 Å². The number of hydrogen-bond donors (Lipinski definition) is 0. The predicted molar refractivity (Wildman–Crippen MR) is 216 cm³/mol. The van der Waals surface area contributed by atoms with Crippen LogP contribution in [-0.2, 0) is 12.8 Å². The standard InChI is InChI=1S/C26H27ClN2O.C18H21N3O/c1-28(19-26(30)22-13-15-23(27)16-14-22)17-6-18-29-24-9-4-2-7-20(24)11-12-21-8-3-5-10-25(21)29;1-19(2)12-13-21-17-11-7-6-10-16(17)20(3)15-9-5-4-8-14(15)18(21)22/h2-5,7-10,13-16H,6,11-12,17-19H2,1H3;4-11H,12-13H2,1-3H3. The Labute approximate surface area is 313 Å². The second kappa shape index (κ2) is 17.0. The Balaban J connectivity index is 0.000000187. The SMILES string of the molecule is CN(C)CCN1C(=O)c2ccccc2N(C)c2ccccc21.CN(CCCN1c2ccccc2CCc2ccccc21)CC(=O)c1ccc(Cl)cc1. The summed E-state index contributed by atoms with van der Waals surface area (Å²) in [6, 6.07) is 40.4. The van der Waals surface area contributed by atoms with Crippen molar-refractivity contribution in [3.8, 4) is 0 Å². The second-order valence-corrected chi connectivity index (χ2v) is 14.2. The normalized spacial score (nSPS) is 13.4. The number of aryl methyl sites for hydroxylation is 2. The lowest BCUT2D eigenvalue weighted by Crippen LogP contribution is -2.36. The van der Waals surface area contributed by atoms with Gasteiger partial charge >= 0.3 is 0 Å². The Morgan fingerprint density at radius 1 is 0.635 bits per heavy atom. The molecule has 1 amide bonds. The van der Waals surface area contributed by atoms with Gasteiger partial charge in [0.15, 0.2) is 5.78 Å². The minimum Gasteiger partial charge on any atom is -0.342 e. The van der Waals surface area contributed by atoms with Gasteiger partial charge in [0.1, 0.15) is 0 Å². The van der Waals surface area contributed by atoms with Crippen LogP contribution in [0, 0.1) is 0 Å². The first kappa shape index (κ1) is 36.8. The molecule has 0 aliphatic carbocycles. The Morgan fingerprint density at radius 3 is 1.79 bits per heavy atom. The zero-order valence-corrected chi connectivity index (χ0v) is 31.4. The van der Waals surface area contributed by atoms with E-state index >= 15 is 0 Å². The summed E-state index contributed by atoms with van der Waals surface area (Å²) in [5.41, 5.74) is 9.85. The first-order chi connectivity index (χ1) is 25.2. The van der Waals surface area contributed by atoms with Crippen LogP contribution in [0.25, 0.3) is 0 Å². The van der Waals surface area contributed by atoms with Gasteiger partial charge in [0.2, 0.25) is 0 Å². The summed E-state index contributed by atoms with van der Waals surface area (Å²) < 4.78 is 0. The topological polar surface area (TPSA) is 50.3 Å². The highest BCUT2D eigenvalue weighted by molar-refractivity contribution is 6.30. The average Bonchev–Trinajstić information content (AvgIpc) is 3.37. The number of halogens is 1. The lowest BCUT2D eigenvalue weighted by Gasteiger charge is -2.28. The average molecular weight is 714 g/mol. The van der Waals surface area contributed by atoms with Crippen molar-refractivity contribution in [2.24, 2.45) is 0 Å². The Morgan fingerprint density at radius 2 is 1.17 bits per heavy atom. The van der Waals surface area contributed by atoms with E-state index in [2.05, 4.69) is 74.2 Å². The Bertz CT molecular complexity index is 1950. The maximum Gasteiger partial charge on any atom is 0.260 e. The molecule has 0 spiro atoms. The summed E-state index contributed by atoms with van der Waals surface area (Å²) in [5.74, 6) is 0.189. The third-order valence-electron chi connectivity index (χ3n) is 9.78. The molecule has 0 saturated heterocycles. The van der Waals surface area contributed by atoms with E-state index in [0.717, 1.165) is 61.5 Å². The van der Waals surface area contributed by atoms with Crippen molar-refractivity contribution in [1.82, 2.24) is 9.80 Å². The number of rotatable bonds is 10. The molecule has 52 heavy (non-hydrogen) atoms. The van der Waals surface area contributed by atoms with Crippen molar-refractivity contribution >= 4 is 51.7 Å². The van der Waals surface area contributed by atoms with Gasteiger partial charge in [-0.15, -0.1) is 0 Å². The largest absolute Gasteiger partial charge is 0.342 e. The smallest absolute Gasteiger partial charge is 0.260 e. The van der Waals surface area contributed by atoms with Gasteiger partial charge in [0.05, 0.1) is 29.2 Å². The molecule has 0 aromatic heterocycles. The fourth-order valence-electron chi connectivity index (χ4n) is 6.99. The van der Waals surface area contributed by atoms with Gasteiger partial charge in [0, 0.05) is 55.2 Å². The number of fused-ring (bicyclic) bond motifs is 4. The van der Waals surface area contributed by atoms with Crippen molar-refractivity contribution < 1.29 is 9.59 Å². The zero-order valence-electron chi connectivity index (χ0n) is 30.6. The van der Waals surface area contributed by atoms with Gasteiger partial charge in [-0.2, -0.15) is 0 Å². The molecule has 7 rings (SSSR count). The van der Waals surface area contributed by atoms with Gasteiger partial charge < -0.3 is 19.6 Å². The molecule has 8 heteroatoms. The molecule has 5 aromatic rings. The molecular weight excluding hydrogens is 666 g/mol. The molecular formula is C44H48ClN5O2. The van der Waals surface area contributed by atoms with Crippen molar-refractivity contribution in [1.29, 1.82) is 0 Å². The molecule has 268 valence electrons. The number of likely N-dealkylation sites (N-methyl/N-ethyl adjacent to an activating group) is 2. The van der Waals surface area contributed by atoms with Crippen LogP contribution in [0.1, 0.15) is 38.3 Å². The van der Waals surface area contributed by atoms with Crippen LogP contribution in [0.15, 0.2) is 121 Å². The van der Waals surface area contributed by atoms with E-state index in [1.165, 1.54) is 22.5 Å². The quantitative estimate of drug-likeness (QED) is 0.135. The number of para-hydroxylation sites is 5. The number of carbonyl (C=O) groups excluding carboxylic acids is 2. The number of nitrogens with zero attached hydrogens (tertiary/aromatic N) is 5.